The zero-order valence-corrected chi connectivity index (χ0v) is 17.6. The fourth-order valence-electron chi connectivity index (χ4n) is 3.11. The van der Waals surface area contributed by atoms with Gasteiger partial charge in [-0.15, -0.1) is 0 Å². The normalized spacial score (nSPS) is 11.6. The van der Waals surface area contributed by atoms with E-state index in [1.165, 1.54) is 12.1 Å². The maximum absolute atomic E-state index is 13.1. The Morgan fingerprint density at radius 3 is 2.43 bits per heavy atom. The van der Waals surface area contributed by atoms with Crippen LogP contribution >= 0.6 is 0 Å². The summed E-state index contributed by atoms with van der Waals surface area (Å²) in [5, 5.41) is 14.0. The second kappa shape index (κ2) is 9.15. The van der Waals surface area contributed by atoms with Crippen molar-refractivity contribution in [2.24, 2.45) is 0 Å². The Labute approximate surface area is 175 Å². The van der Waals surface area contributed by atoms with E-state index in [1.807, 2.05) is 13.8 Å². The number of hydrogen-bond acceptors (Lipinski definition) is 5. The average Bonchev–Trinajstić information content (AvgIpc) is 2.70. The van der Waals surface area contributed by atoms with Crippen LogP contribution in [0.3, 0.4) is 0 Å². The van der Waals surface area contributed by atoms with Crippen molar-refractivity contribution in [3.05, 3.63) is 66.2 Å². The molecule has 0 heterocycles. The number of para-hydroxylation sites is 1. The third-order valence-electron chi connectivity index (χ3n) is 4.43. The van der Waals surface area contributed by atoms with Crippen LogP contribution in [0.2, 0.25) is 0 Å². The molecule has 8 heteroatoms. The number of carboxylic acid groups (broad SMARTS) is 1. The molecule has 0 unspecified atom stereocenters. The number of fused-ring (bicyclic) bond motifs is 1. The smallest absolute Gasteiger partial charge is 0.338 e. The number of nitrogens with one attached hydrogen (secondary N) is 2. The maximum atomic E-state index is 13.1. The molecule has 0 saturated heterocycles. The standard InChI is InChI=1S/C22H24N2O5S/c1-15(2)29-14-13-23-18-9-5-6-10-20(18)30(27,28)24-19-12-11-16-7-3-4-8-17(16)21(19)22(25)26/h3-12,15,23-24H,13-14H2,1-2H3,(H,25,26). The summed E-state index contributed by atoms with van der Waals surface area (Å²) in [6, 6.07) is 16.6. The zero-order valence-electron chi connectivity index (χ0n) is 16.8. The lowest BCUT2D eigenvalue weighted by Gasteiger charge is -2.16. The SMILES string of the molecule is CC(C)OCCNc1ccccc1S(=O)(=O)Nc1ccc2ccccc2c1C(=O)O. The molecule has 0 amide bonds. The Morgan fingerprint density at radius 2 is 1.70 bits per heavy atom. The van der Waals surface area contributed by atoms with E-state index in [0.717, 1.165) is 0 Å². The summed E-state index contributed by atoms with van der Waals surface area (Å²) < 4.78 is 34.1. The van der Waals surface area contributed by atoms with Crippen LogP contribution in [-0.4, -0.2) is 38.7 Å². The van der Waals surface area contributed by atoms with Gasteiger partial charge in [-0.05, 0) is 42.8 Å². The highest BCUT2D eigenvalue weighted by Gasteiger charge is 2.22. The molecule has 0 aromatic heterocycles. The molecule has 3 aromatic rings. The summed E-state index contributed by atoms with van der Waals surface area (Å²) in [4.78, 5) is 11.9. The molecule has 0 aliphatic rings. The van der Waals surface area contributed by atoms with Crippen LogP contribution < -0.4 is 10.0 Å². The molecule has 0 aliphatic heterocycles. The number of carboxylic acids is 1. The van der Waals surface area contributed by atoms with Crippen molar-refractivity contribution in [1.82, 2.24) is 0 Å². The second-order valence-corrected chi connectivity index (χ2v) is 8.61. The fourth-order valence-corrected chi connectivity index (χ4v) is 4.37. The van der Waals surface area contributed by atoms with Gasteiger partial charge in [0.1, 0.15) is 4.90 Å². The number of sulfonamides is 1. The molecule has 7 nitrogen and oxygen atoms in total. The van der Waals surface area contributed by atoms with E-state index in [0.29, 0.717) is 29.6 Å². The summed E-state index contributed by atoms with van der Waals surface area (Å²) in [7, 11) is -4.04. The van der Waals surface area contributed by atoms with E-state index in [-0.39, 0.29) is 22.3 Å². The first kappa shape index (κ1) is 21.6. The Bertz CT molecular complexity index is 1160. The highest BCUT2D eigenvalue weighted by molar-refractivity contribution is 7.92. The molecule has 0 spiro atoms. The first-order chi connectivity index (χ1) is 14.3. The summed E-state index contributed by atoms with van der Waals surface area (Å²) in [5.41, 5.74) is 0.335. The molecule has 3 aromatic carbocycles. The highest BCUT2D eigenvalue weighted by Crippen LogP contribution is 2.30. The van der Waals surface area contributed by atoms with Crippen molar-refractivity contribution in [3.63, 3.8) is 0 Å². The predicted octanol–water partition coefficient (Wildman–Crippen LogP) is 4.18. The maximum Gasteiger partial charge on any atom is 0.338 e. The Balaban J connectivity index is 1.93. The molecule has 0 fully saturated rings. The van der Waals surface area contributed by atoms with Gasteiger partial charge < -0.3 is 15.2 Å². The van der Waals surface area contributed by atoms with Gasteiger partial charge in [0.05, 0.1) is 29.6 Å². The minimum absolute atomic E-state index is 0.0131. The Hall–Kier alpha value is -3.10. The van der Waals surface area contributed by atoms with E-state index < -0.39 is 16.0 Å². The first-order valence-corrected chi connectivity index (χ1v) is 11.0. The number of benzene rings is 3. The number of ether oxygens (including phenoxy) is 1. The van der Waals surface area contributed by atoms with Gasteiger partial charge in [0.15, 0.2) is 0 Å². The molecule has 0 bridgehead atoms. The summed E-state index contributed by atoms with van der Waals surface area (Å²) in [6.07, 6.45) is 0.0785. The second-order valence-electron chi connectivity index (χ2n) is 6.96. The number of carbonyl (C=O) groups is 1. The predicted molar refractivity (Wildman–Crippen MR) is 118 cm³/mol. The van der Waals surface area contributed by atoms with Gasteiger partial charge in [-0.3, -0.25) is 4.72 Å². The molecule has 3 rings (SSSR count). The van der Waals surface area contributed by atoms with Gasteiger partial charge in [-0.25, -0.2) is 13.2 Å². The number of anilines is 2. The van der Waals surface area contributed by atoms with Crippen molar-refractivity contribution in [1.29, 1.82) is 0 Å². The number of rotatable bonds is 9. The number of hydrogen-bond donors (Lipinski definition) is 3. The highest BCUT2D eigenvalue weighted by atomic mass is 32.2. The quantitative estimate of drug-likeness (QED) is 0.442. The van der Waals surface area contributed by atoms with Gasteiger partial charge in [-0.1, -0.05) is 42.5 Å². The average molecular weight is 429 g/mol. The molecule has 3 N–H and O–H groups in total. The van der Waals surface area contributed by atoms with Crippen LogP contribution in [0.25, 0.3) is 10.8 Å². The van der Waals surface area contributed by atoms with Crippen LogP contribution in [-0.2, 0) is 14.8 Å². The first-order valence-electron chi connectivity index (χ1n) is 9.52. The van der Waals surface area contributed by atoms with E-state index in [1.54, 1.807) is 48.5 Å². The van der Waals surface area contributed by atoms with Crippen LogP contribution in [0.4, 0.5) is 11.4 Å². The zero-order chi connectivity index (χ0) is 21.7. The molecule has 0 radical (unpaired) electrons. The lowest BCUT2D eigenvalue weighted by atomic mass is 10.0. The molecular formula is C22H24N2O5S. The fraction of sp³-hybridized carbons (Fsp3) is 0.227. The van der Waals surface area contributed by atoms with E-state index in [2.05, 4.69) is 10.0 Å². The van der Waals surface area contributed by atoms with Crippen LogP contribution in [0.1, 0.15) is 24.2 Å². The van der Waals surface area contributed by atoms with Crippen molar-refractivity contribution in [3.8, 4) is 0 Å². The largest absolute Gasteiger partial charge is 0.478 e. The lowest BCUT2D eigenvalue weighted by Crippen LogP contribution is -2.19. The molecule has 0 atom stereocenters. The van der Waals surface area contributed by atoms with Crippen molar-refractivity contribution >= 4 is 38.1 Å². The van der Waals surface area contributed by atoms with E-state index in [9.17, 15) is 18.3 Å². The summed E-state index contributed by atoms with van der Waals surface area (Å²) in [5.74, 6) is -1.21. The topological polar surface area (TPSA) is 105 Å². The van der Waals surface area contributed by atoms with Gasteiger partial charge in [0.25, 0.3) is 10.0 Å². The van der Waals surface area contributed by atoms with Gasteiger partial charge in [-0.2, -0.15) is 0 Å². The molecule has 0 aliphatic carbocycles. The molecule has 0 saturated carbocycles. The lowest BCUT2D eigenvalue weighted by molar-refractivity contribution is 0.0700. The minimum Gasteiger partial charge on any atom is -0.478 e. The number of aromatic carboxylic acids is 1. The molecular weight excluding hydrogens is 404 g/mol. The van der Waals surface area contributed by atoms with Crippen LogP contribution in [0, 0.1) is 0 Å². The Morgan fingerprint density at radius 1 is 1.00 bits per heavy atom. The Kier molecular flexibility index (Phi) is 6.59. The van der Waals surface area contributed by atoms with Gasteiger partial charge in [0, 0.05) is 6.54 Å². The van der Waals surface area contributed by atoms with Crippen molar-refractivity contribution in [2.75, 3.05) is 23.2 Å². The monoisotopic (exact) mass is 428 g/mol. The van der Waals surface area contributed by atoms with Crippen molar-refractivity contribution in [2.45, 2.75) is 24.8 Å². The minimum atomic E-state index is -4.04. The van der Waals surface area contributed by atoms with Gasteiger partial charge >= 0.3 is 5.97 Å². The summed E-state index contributed by atoms with van der Waals surface area (Å²) in [6.45, 7) is 4.70. The van der Waals surface area contributed by atoms with E-state index >= 15 is 0 Å². The summed E-state index contributed by atoms with van der Waals surface area (Å²) >= 11 is 0. The molecule has 158 valence electrons. The van der Waals surface area contributed by atoms with Crippen molar-refractivity contribution < 1.29 is 23.1 Å². The molecule has 30 heavy (non-hydrogen) atoms. The third kappa shape index (κ3) is 4.90. The van der Waals surface area contributed by atoms with Crippen LogP contribution in [0.15, 0.2) is 65.6 Å². The van der Waals surface area contributed by atoms with E-state index in [4.69, 9.17) is 4.74 Å². The van der Waals surface area contributed by atoms with Gasteiger partial charge in [0.2, 0.25) is 0 Å². The van der Waals surface area contributed by atoms with Crippen LogP contribution in [0.5, 0.6) is 0 Å². The third-order valence-corrected chi connectivity index (χ3v) is 5.86.